The smallest absolute Gasteiger partial charge is 0.258 e. The van der Waals surface area contributed by atoms with Crippen LogP contribution in [0.5, 0.6) is 0 Å². The molecular weight excluding hydrogens is 203 g/mol. The lowest BCUT2D eigenvalue weighted by Crippen LogP contribution is -1.93. The van der Waals surface area contributed by atoms with Crippen LogP contribution in [0.2, 0.25) is 0 Å². The van der Waals surface area contributed by atoms with Crippen molar-refractivity contribution in [3.05, 3.63) is 34.4 Å². The Morgan fingerprint density at radius 3 is 2.58 bits per heavy atom. The van der Waals surface area contributed by atoms with E-state index in [2.05, 4.69) is 0 Å². The zero-order valence-corrected chi connectivity index (χ0v) is 7.29. The molecule has 0 aliphatic heterocycles. The Morgan fingerprint density at radius 2 is 2.08 bits per heavy atom. The highest BCUT2D eigenvalue weighted by Crippen LogP contribution is 2.23. The Hall–Kier alpha value is -1.000. The van der Waals surface area contributed by atoms with E-state index >= 15 is 0 Å². The zero-order valence-electron chi connectivity index (χ0n) is 5.78. The summed E-state index contributed by atoms with van der Waals surface area (Å²) in [4.78, 5) is 9.76. The van der Waals surface area contributed by atoms with Gasteiger partial charge in [0.25, 0.3) is 5.69 Å². The van der Waals surface area contributed by atoms with Crippen LogP contribution in [0.25, 0.3) is 0 Å². The van der Waals surface area contributed by atoms with Crippen LogP contribution in [0.4, 0.5) is 11.4 Å². The summed E-state index contributed by atoms with van der Waals surface area (Å²) in [5.74, 6) is 0. The SMILES string of the molecule is O=[N+]([O-])c1cccc(N(Cl)Cl)c1. The number of nitro benzene ring substituents is 1. The largest absolute Gasteiger partial charge is 0.271 e. The van der Waals surface area contributed by atoms with Crippen molar-refractivity contribution < 1.29 is 4.92 Å². The Morgan fingerprint density at radius 1 is 1.42 bits per heavy atom. The van der Waals surface area contributed by atoms with Gasteiger partial charge < -0.3 is 0 Å². The van der Waals surface area contributed by atoms with Gasteiger partial charge in [0, 0.05) is 35.7 Å². The van der Waals surface area contributed by atoms with Crippen molar-refractivity contribution in [2.45, 2.75) is 0 Å². The number of halogens is 2. The molecule has 0 fully saturated rings. The number of nitro groups is 1. The van der Waals surface area contributed by atoms with Crippen molar-refractivity contribution in [3.63, 3.8) is 0 Å². The summed E-state index contributed by atoms with van der Waals surface area (Å²) >= 11 is 10.7. The summed E-state index contributed by atoms with van der Waals surface area (Å²) in [5, 5.41) is 10.3. The molecule has 64 valence electrons. The summed E-state index contributed by atoms with van der Waals surface area (Å²) in [7, 11) is 0. The normalized spacial score (nSPS) is 9.50. The maximum atomic E-state index is 10.3. The average molecular weight is 207 g/mol. The molecule has 0 heterocycles. The predicted octanol–water partition coefficient (Wildman–Crippen LogP) is 2.71. The number of benzene rings is 1. The number of rotatable bonds is 2. The summed E-state index contributed by atoms with van der Waals surface area (Å²) in [6, 6.07) is 5.71. The van der Waals surface area contributed by atoms with Crippen molar-refractivity contribution in [3.8, 4) is 0 Å². The lowest BCUT2D eigenvalue weighted by atomic mass is 10.3. The van der Waals surface area contributed by atoms with Crippen molar-refractivity contribution in [1.29, 1.82) is 0 Å². The third-order valence-corrected chi connectivity index (χ3v) is 1.63. The minimum absolute atomic E-state index is 0.0428. The van der Waals surface area contributed by atoms with E-state index in [1.54, 1.807) is 6.07 Å². The molecule has 0 N–H and O–H groups in total. The van der Waals surface area contributed by atoms with Gasteiger partial charge in [-0.3, -0.25) is 10.1 Å². The summed E-state index contributed by atoms with van der Waals surface area (Å²) in [6.07, 6.45) is 0. The summed E-state index contributed by atoms with van der Waals surface area (Å²) in [6.45, 7) is 0. The fourth-order valence-corrected chi connectivity index (χ4v) is 0.922. The lowest BCUT2D eigenvalue weighted by Gasteiger charge is -2.03. The van der Waals surface area contributed by atoms with Crippen LogP contribution in [-0.2, 0) is 0 Å². The van der Waals surface area contributed by atoms with Crippen LogP contribution in [-0.4, -0.2) is 4.92 Å². The molecule has 0 aliphatic carbocycles. The molecule has 0 unspecified atom stereocenters. The van der Waals surface area contributed by atoms with Gasteiger partial charge in [0.05, 0.1) is 10.6 Å². The molecule has 0 radical (unpaired) electrons. The highest BCUT2D eigenvalue weighted by atomic mass is 35.5. The first kappa shape index (κ1) is 9.09. The van der Waals surface area contributed by atoms with E-state index in [4.69, 9.17) is 23.6 Å². The third kappa shape index (κ3) is 1.99. The van der Waals surface area contributed by atoms with Crippen molar-refractivity contribution in [2.75, 3.05) is 3.94 Å². The Labute approximate surface area is 78.7 Å². The van der Waals surface area contributed by atoms with Gasteiger partial charge in [-0.15, -0.1) is 0 Å². The van der Waals surface area contributed by atoms with E-state index in [9.17, 15) is 10.1 Å². The van der Waals surface area contributed by atoms with E-state index in [0.29, 0.717) is 5.69 Å². The number of non-ortho nitro benzene ring substituents is 1. The van der Waals surface area contributed by atoms with Gasteiger partial charge >= 0.3 is 0 Å². The number of anilines is 1. The molecule has 1 aromatic rings. The molecule has 1 aromatic carbocycles. The standard InChI is InChI=1S/C6H4Cl2N2O2/c7-9(8)5-2-1-3-6(4-5)10(11)12/h1-4H. The minimum atomic E-state index is -0.513. The molecule has 0 bridgehead atoms. The van der Waals surface area contributed by atoms with Gasteiger partial charge in [0.1, 0.15) is 0 Å². The molecule has 4 nitrogen and oxygen atoms in total. The molecule has 0 atom stereocenters. The van der Waals surface area contributed by atoms with Crippen LogP contribution < -0.4 is 3.94 Å². The van der Waals surface area contributed by atoms with Gasteiger partial charge in [-0.1, -0.05) is 6.07 Å². The third-order valence-electron chi connectivity index (χ3n) is 1.24. The topological polar surface area (TPSA) is 46.4 Å². The zero-order chi connectivity index (χ0) is 9.14. The number of hydrogen-bond donors (Lipinski definition) is 0. The second-order valence-electron chi connectivity index (χ2n) is 2.01. The average Bonchev–Trinajstić information content (AvgIpc) is 2.04. The van der Waals surface area contributed by atoms with Crippen molar-refractivity contribution >= 4 is 34.9 Å². The molecule has 0 aliphatic rings. The lowest BCUT2D eigenvalue weighted by molar-refractivity contribution is -0.384. The summed E-state index contributed by atoms with van der Waals surface area (Å²) in [5.41, 5.74) is 0.325. The van der Waals surface area contributed by atoms with Crippen LogP contribution in [0.15, 0.2) is 24.3 Å². The first-order valence-corrected chi connectivity index (χ1v) is 3.65. The van der Waals surface area contributed by atoms with Crippen LogP contribution >= 0.6 is 23.6 Å². The van der Waals surface area contributed by atoms with Gasteiger partial charge in [-0.05, 0) is 6.07 Å². The fourth-order valence-electron chi connectivity index (χ4n) is 0.712. The number of nitrogens with zero attached hydrogens (tertiary/aromatic N) is 2. The van der Waals surface area contributed by atoms with E-state index < -0.39 is 4.92 Å². The quantitative estimate of drug-likeness (QED) is 0.425. The van der Waals surface area contributed by atoms with Crippen LogP contribution in [0, 0.1) is 10.1 Å². The Kier molecular flexibility index (Phi) is 2.73. The fraction of sp³-hybridized carbons (Fsp3) is 0. The molecule has 1 rings (SSSR count). The van der Waals surface area contributed by atoms with Crippen molar-refractivity contribution in [1.82, 2.24) is 0 Å². The predicted molar refractivity (Wildman–Crippen MR) is 47.3 cm³/mol. The highest BCUT2D eigenvalue weighted by Gasteiger charge is 2.07. The molecule has 0 aromatic heterocycles. The van der Waals surface area contributed by atoms with Crippen molar-refractivity contribution in [2.24, 2.45) is 0 Å². The van der Waals surface area contributed by atoms with Gasteiger partial charge in [0.15, 0.2) is 0 Å². The molecule has 6 heteroatoms. The minimum Gasteiger partial charge on any atom is -0.258 e. The molecular formula is C6H4Cl2N2O2. The number of hydrogen-bond acceptors (Lipinski definition) is 3. The molecule has 12 heavy (non-hydrogen) atoms. The maximum absolute atomic E-state index is 10.3. The second kappa shape index (κ2) is 3.60. The van der Waals surface area contributed by atoms with Crippen LogP contribution in [0.3, 0.4) is 0 Å². The monoisotopic (exact) mass is 206 g/mol. The molecule has 0 amide bonds. The molecule has 0 spiro atoms. The van der Waals surface area contributed by atoms with Gasteiger partial charge in [-0.2, -0.15) is 3.94 Å². The van der Waals surface area contributed by atoms with Gasteiger partial charge in [-0.25, -0.2) is 0 Å². The molecule has 0 saturated carbocycles. The molecule has 0 saturated heterocycles. The Balaban J connectivity index is 3.04. The van der Waals surface area contributed by atoms with E-state index in [0.717, 1.165) is 3.94 Å². The highest BCUT2D eigenvalue weighted by molar-refractivity contribution is 6.49. The van der Waals surface area contributed by atoms with E-state index in [1.807, 2.05) is 0 Å². The van der Waals surface area contributed by atoms with Crippen LogP contribution in [0.1, 0.15) is 0 Å². The summed E-state index contributed by atoms with van der Waals surface area (Å²) < 4.78 is 0.771. The van der Waals surface area contributed by atoms with Gasteiger partial charge in [0.2, 0.25) is 0 Å². The second-order valence-corrected chi connectivity index (χ2v) is 2.86. The first-order valence-electron chi connectivity index (χ1n) is 2.97. The van der Waals surface area contributed by atoms with E-state index in [1.165, 1.54) is 18.2 Å². The van der Waals surface area contributed by atoms with E-state index in [-0.39, 0.29) is 5.69 Å². The first-order chi connectivity index (χ1) is 5.61. The Bertz CT molecular complexity index is 303. The maximum Gasteiger partial charge on any atom is 0.271 e.